The summed E-state index contributed by atoms with van der Waals surface area (Å²) in [4.78, 5) is 15.9. The van der Waals surface area contributed by atoms with Gasteiger partial charge in [-0.2, -0.15) is 5.26 Å². The highest BCUT2D eigenvalue weighted by Crippen LogP contribution is 2.24. The molecule has 0 N–H and O–H groups in total. The summed E-state index contributed by atoms with van der Waals surface area (Å²) >= 11 is 0. The fourth-order valence-electron chi connectivity index (χ4n) is 2.59. The fraction of sp³-hybridized carbons (Fsp3) is 0.667. The number of likely N-dealkylation sites (tertiary alicyclic amines) is 2. The van der Waals surface area contributed by atoms with E-state index in [0.29, 0.717) is 19.0 Å². The Morgan fingerprint density at radius 1 is 1.56 bits per heavy atom. The van der Waals surface area contributed by atoms with Crippen LogP contribution >= 0.6 is 0 Å². The van der Waals surface area contributed by atoms with Crippen molar-refractivity contribution in [3.05, 3.63) is 12.7 Å². The van der Waals surface area contributed by atoms with Gasteiger partial charge in [0.05, 0.1) is 12.0 Å². The van der Waals surface area contributed by atoms with Crippen LogP contribution in [0.3, 0.4) is 0 Å². The van der Waals surface area contributed by atoms with Crippen molar-refractivity contribution in [2.45, 2.75) is 18.9 Å². The first-order valence-electron chi connectivity index (χ1n) is 5.77. The molecule has 0 aromatic heterocycles. The van der Waals surface area contributed by atoms with Crippen LogP contribution in [0.2, 0.25) is 0 Å². The Morgan fingerprint density at radius 3 is 3.00 bits per heavy atom. The molecule has 2 saturated heterocycles. The van der Waals surface area contributed by atoms with E-state index in [1.807, 2.05) is 11.0 Å². The topological polar surface area (TPSA) is 47.3 Å². The summed E-state index contributed by atoms with van der Waals surface area (Å²) in [5.41, 5.74) is 0. The molecule has 0 spiro atoms. The number of hydrogen-bond donors (Lipinski definition) is 0. The zero-order valence-corrected chi connectivity index (χ0v) is 9.43. The zero-order chi connectivity index (χ0) is 11.5. The van der Waals surface area contributed by atoms with Crippen molar-refractivity contribution in [2.24, 2.45) is 5.92 Å². The van der Waals surface area contributed by atoms with Gasteiger partial charge in [0.1, 0.15) is 0 Å². The van der Waals surface area contributed by atoms with Gasteiger partial charge in [0.25, 0.3) is 0 Å². The van der Waals surface area contributed by atoms with E-state index in [4.69, 9.17) is 5.26 Å². The molecule has 0 aromatic carbocycles. The van der Waals surface area contributed by atoms with Crippen LogP contribution in [0.25, 0.3) is 0 Å². The van der Waals surface area contributed by atoms with E-state index in [1.54, 1.807) is 0 Å². The molecule has 2 aliphatic rings. The van der Waals surface area contributed by atoms with E-state index < -0.39 is 0 Å². The third kappa shape index (κ3) is 2.10. The second kappa shape index (κ2) is 4.67. The van der Waals surface area contributed by atoms with Crippen molar-refractivity contribution < 1.29 is 4.79 Å². The van der Waals surface area contributed by atoms with Gasteiger partial charge in [0.15, 0.2) is 0 Å². The summed E-state index contributed by atoms with van der Waals surface area (Å²) in [7, 11) is 0. The predicted octanol–water partition coefficient (Wildman–Crippen LogP) is 0.619. The Balaban J connectivity index is 1.92. The van der Waals surface area contributed by atoms with Gasteiger partial charge in [-0.25, -0.2) is 0 Å². The van der Waals surface area contributed by atoms with Crippen LogP contribution in [0.5, 0.6) is 0 Å². The van der Waals surface area contributed by atoms with Crippen molar-refractivity contribution in [1.82, 2.24) is 9.80 Å². The van der Waals surface area contributed by atoms with Crippen LogP contribution < -0.4 is 0 Å². The Morgan fingerprint density at radius 2 is 2.38 bits per heavy atom. The average Bonchev–Trinajstić information content (AvgIpc) is 2.85. The van der Waals surface area contributed by atoms with E-state index in [0.717, 1.165) is 26.1 Å². The predicted molar refractivity (Wildman–Crippen MR) is 60.5 cm³/mol. The summed E-state index contributed by atoms with van der Waals surface area (Å²) in [5, 5.41) is 8.83. The lowest BCUT2D eigenvalue weighted by Gasteiger charge is -2.24. The first-order valence-corrected chi connectivity index (χ1v) is 5.77. The van der Waals surface area contributed by atoms with Gasteiger partial charge >= 0.3 is 0 Å². The van der Waals surface area contributed by atoms with Gasteiger partial charge in [-0.15, -0.1) is 6.58 Å². The fourth-order valence-corrected chi connectivity index (χ4v) is 2.59. The second-order valence-corrected chi connectivity index (χ2v) is 4.57. The second-order valence-electron chi connectivity index (χ2n) is 4.57. The number of carbonyl (C=O) groups excluding carboxylic acids is 1. The van der Waals surface area contributed by atoms with E-state index in [-0.39, 0.29) is 11.8 Å². The summed E-state index contributed by atoms with van der Waals surface area (Å²) in [5.74, 6) is 0.0537. The lowest BCUT2D eigenvalue weighted by molar-refractivity contribution is -0.129. The van der Waals surface area contributed by atoms with Gasteiger partial charge in [0.2, 0.25) is 5.91 Å². The molecule has 1 amide bonds. The molecule has 0 aliphatic carbocycles. The molecule has 2 fully saturated rings. The molecule has 0 bridgehead atoms. The van der Waals surface area contributed by atoms with E-state index in [2.05, 4.69) is 17.5 Å². The maximum Gasteiger partial charge on any atom is 0.224 e. The Labute approximate surface area is 96.1 Å². The molecular weight excluding hydrogens is 202 g/mol. The minimum Gasteiger partial charge on any atom is -0.337 e. The standard InChI is InChI=1S/C12H17N3O/c1-2-4-14-5-3-11(9-14)15-8-10(7-13)6-12(15)16/h2,10-11H,1,3-6,8-9H2. The third-order valence-electron chi connectivity index (χ3n) is 3.42. The minimum atomic E-state index is -0.0963. The maximum atomic E-state index is 11.7. The number of amides is 1. The molecule has 0 saturated carbocycles. The van der Waals surface area contributed by atoms with Crippen LogP contribution in [-0.4, -0.2) is 47.9 Å². The molecule has 16 heavy (non-hydrogen) atoms. The molecular formula is C12H17N3O. The normalized spacial score (nSPS) is 30.7. The van der Waals surface area contributed by atoms with Crippen molar-refractivity contribution in [1.29, 1.82) is 5.26 Å². The number of hydrogen-bond acceptors (Lipinski definition) is 3. The monoisotopic (exact) mass is 219 g/mol. The molecule has 2 unspecified atom stereocenters. The van der Waals surface area contributed by atoms with Crippen molar-refractivity contribution in [2.75, 3.05) is 26.2 Å². The highest BCUT2D eigenvalue weighted by Gasteiger charge is 2.37. The maximum absolute atomic E-state index is 11.7. The van der Waals surface area contributed by atoms with Crippen molar-refractivity contribution in [3.8, 4) is 6.07 Å². The molecule has 2 heterocycles. The summed E-state index contributed by atoms with van der Waals surface area (Å²) in [6, 6.07) is 2.50. The van der Waals surface area contributed by atoms with Gasteiger partial charge in [-0.3, -0.25) is 9.69 Å². The van der Waals surface area contributed by atoms with Gasteiger partial charge in [0, 0.05) is 38.6 Å². The third-order valence-corrected chi connectivity index (χ3v) is 3.42. The summed E-state index contributed by atoms with van der Waals surface area (Å²) in [6.07, 6.45) is 3.33. The van der Waals surface area contributed by atoms with Crippen molar-refractivity contribution in [3.63, 3.8) is 0 Å². The lowest BCUT2D eigenvalue weighted by Crippen LogP contribution is -2.38. The van der Waals surface area contributed by atoms with E-state index in [1.165, 1.54) is 0 Å². The number of nitrogens with zero attached hydrogens (tertiary/aromatic N) is 3. The van der Waals surface area contributed by atoms with Crippen LogP contribution in [0.4, 0.5) is 0 Å². The smallest absolute Gasteiger partial charge is 0.224 e. The van der Waals surface area contributed by atoms with Crippen LogP contribution in [0.1, 0.15) is 12.8 Å². The van der Waals surface area contributed by atoms with Crippen LogP contribution in [0, 0.1) is 17.2 Å². The molecule has 4 nitrogen and oxygen atoms in total. The highest BCUT2D eigenvalue weighted by atomic mass is 16.2. The largest absolute Gasteiger partial charge is 0.337 e. The quantitative estimate of drug-likeness (QED) is 0.654. The number of nitriles is 1. The molecule has 2 aliphatic heterocycles. The first kappa shape index (κ1) is 11.2. The van der Waals surface area contributed by atoms with Gasteiger partial charge < -0.3 is 4.90 Å². The Hall–Kier alpha value is -1.34. The van der Waals surface area contributed by atoms with Crippen LogP contribution in [-0.2, 0) is 4.79 Å². The average molecular weight is 219 g/mol. The zero-order valence-electron chi connectivity index (χ0n) is 9.43. The van der Waals surface area contributed by atoms with E-state index in [9.17, 15) is 4.79 Å². The van der Waals surface area contributed by atoms with Crippen LogP contribution in [0.15, 0.2) is 12.7 Å². The molecule has 2 rings (SSSR count). The summed E-state index contributed by atoms with van der Waals surface area (Å²) in [6.45, 7) is 7.19. The molecule has 4 heteroatoms. The molecule has 2 atom stereocenters. The lowest BCUT2D eigenvalue weighted by atomic mass is 10.1. The highest BCUT2D eigenvalue weighted by molar-refractivity contribution is 5.79. The SMILES string of the molecule is C=CCN1CCC(N2CC(C#N)CC2=O)C1. The Bertz CT molecular complexity index is 334. The van der Waals surface area contributed by atoms with Crippen molar-refractivity contribution >= 4 is 5.91 Å². The molecule has 86 valence electrons. The molecule has 0 aromatic rings. The summed E-state index contributed by atoms with van der Waals surface area (Å²) < 4.78 is 0. The molecule has 0 radical (unpaired) electrons. The van der Waals surface area contributed by atoms with Gasteiger partial charge in [-0.05, 0) is 6.42 Å². The van der Waals surface area contributed by atoms with Gasteiger partial charge in [-0.1, -0.05) is 6.08 Å². The minimum absolute atomic E-state index is 0.0963. The first-order chi connectivity index (χ1) is 7.74. The number of rotatable bonds is 3. The number of carbonyl (C=O) groups is 1. The van der Waals surface area contributed by atoms with E-state index >= 15 is 0 Å². The Kier molecular flexibility index (Phi) is 3.25.